The summed E-state index contributed by atoms with van der Waals surface area (Å²) in [5.41, 5.74) is 2.00. The summed E-state index contributed by atoms with van der Waals surface area (Å²) in [7, 11) is 0. The molecule has 7 heteroatoms. The lowest BCUT2D eigenvalue weighted by molar-refractivity contribution is -0.142. The number of nitrogens with zero attached hydrogens (tertiary/aromatic N) is 2. The molecule has 0 saturated carbocycles. The van der Waals surface area contributed by atoms with Crippen LogP contribution in [0.15, 0.2) is 33.3 Å². The zero-order chi connectivity index (χ0) is 17.4. The van der Waals surface area contributed by atoms with E-state index < -0.39 is 17.9 Å². The molecule has 0 fully saturated rings. The number of hydrogen-bond donors (Lipinski definition) is 1. The molecule has 0 aliphatic carbocycles. The Morgan fingerprint density at radius 2 is 2.17 bits per heavy atom. The molecule has 1 aliphatic heterocycles. The second-order valence-corrected chi connectivity index (χ2v) is 6.99. The molecular formula is C17H17BrN2O4. The van der Waals surface area contributed by atoms with Crippen molar-refractivity contribution in [3.8, 4) is 0 Å². The molecular weight excluding hydrogens is 376 g/mol. The number of carbonyl (C=O) groups excluding carboxylic acids is 1. The normalized spacial score (nSPS) is 17.0. The molecule has 1 unspecified atom stereocenters. The van der Waals surface area contributed by atoms with Gasteiger partial charge in [0.15, 0.2) is 5.69 Å². The third-order valence-corrected chi connectivity index (χ3v) is 4.94. The minimum Gasteiger partial charge on any atom is -0.480 e. The summed E-state index contributed by atoms with van der Waals surface area (Å²) in [4.78, 5) is 25.8. The van der Waals surface area contributed by atoms with Gasteiger partial charge >= 0.3 is 5.97 Å². The van der Waals surface area contributed by atoms with Gasteiger partial charge in [-0.1, -0.05) is 47.1 Å². The summed E-state index contributed by atoms with van der Waals surface area (Å²) in [6.45, 7) is 4.10. The van der Waals surface area contributed by atoms with Gasteiger partial charge in [0.1, 0.15) is 11.8 Å². The number of carbonyl (C=O) groups is 2. The van der Waals surface area contributed by atoms with E-state index in [0.29, 0.717) is 5.76 Å². The second kappa shape index (κ2) is 6.39. The number of aliphatic carboxylic acids is 1. The van der Waals surface area contributed by atoms with E-state index in [1.165, 1.54) is 4.90 Å². The Labute approximate surface area is 147 Å². The number of benzene rings is 1. The number of aromatic nitrogens is 1. The Bertz CT molecular complexity index is 800. The Morgan fingerprint density at radius 3 is 2.79 bits per heavy atom. The van der Waals surface area contributed by atoms with Crippen LogP contribution in [0.1, 0.15) is 47.1 Å². The van der Waals surface area contributed by atoms with Crippen LogP contribution in [0.2, 0.25) is 0 Å². The Hall–Kier alpha value is -2.15. The lowest BCUT2D eigenvalue weighted by atomic mass is 9.93. The fourth-order valence-corrected chi connectivity index (χ4v) is 3.39. The van der Waals surface area contributed by atoms with Crippen LogP contribution in [0.5, 0.6) is 0 Å². The minimum absolute atomic E-state index is 0.104. The average Bonchev–Trinajstić information content (AvgIpc) is 3.03. The standard InChI is InChI=1S/C17H17BrN2O4/c1-9(2)15-7-13(19-24-15)16(21)20-8-10-4-3-5-12(18)11(10)6-14(20)17(22)23/h3-5,7,9,14H,6,8H2,1-2H3,(H,22,23). The molecule has 1 aliphatic rings. The number of rotatable bonds is 3. The van der Waals surface area contributed by atoms with Gasteiger partial charge in [-0.05, 0) is 17.2 Å². The van der Waals surface area contributed by atoms with Crippen molar-refractivity contribution in [1.29, 1.82) is 0 Å². The SMILES string of the molecule is CC(C)c1cc(C(=O)N2Cc3cccc(Br)c3CC2C(=O)O)no1. The largest absolute Gasteiger partial charge is 0.480 e. The topological polar surface area (TPSA) is 83.6 Å². The molecule has 2 aromatic rings. The maximum atomic E-state index is 12.8. The van der Waals surface area contributed by atoms with E-state index in [1.807, 2.05) is 32.0 Å². The van der Waals surface area contributed by atoms with Crippen LogP contribution in [0.3, 0.4) is 0 Å². The number of amides is 1. The number of carboxylic acids is 1. The molecule has 3 rings (SSSR count). The summed E-state index contributed by atoms with van der Waals surface area (Å²) in [6, 6.07) is 6.31. The van der Waals surface area contributed by atoms with Crippen LogP contribution >= 0.6 is 15.9 Å². The molecule has 0 bridgehead atoms. The summed E-state index contributed by atoms with van der Waals surface area (Å²) in [5.74, 6) is -0.751. The predicted octanol–water partition coefficient (Wildman–Crippen LogP) is 3.21. The lowest BCUT2D eigenvalue weighted by Gasteiger charge is -2.34. The van der Waals surface area contributed by atoms with Crippen molar-refractivity contribution in [3.63, 3.8) is 0 Å². The van der Waals surface area contributed by atoms with Crippen molar-refractivity contribution in [2.45, 2.75) is 38.8 Å². The molecule has 0 radical (unpaired) electrons. The zero-order valence-electron chi connectivity index (χ0n) is 13.3. The number of carboxylic acid groups (broad SMARTS) is 1. The quantitative estimate of drug-likeness (QED) is 0.866. The van der Waals surface area contributed by atoms with Gasteiger partial charge in [0.2, 0.25) is 0 Å². The number of fused-ring (bicyclic) bond motifs is 1. The van der Waals surface area contributed by atoms with Crippen molar-refractivity contribution in [3.05, 3.63) is 51.3 Å². The molecule has 1 atom stereocenters. The van der Waals surface area contributed by atoms with Crippen molar-refractivity contribution >= 4 is 27.8 Å². The first-order valence-electron chi connectivity index (χ1n) is 7.65. The van der Waals surface area contributed by atoms with Crippen molar-refractivity contribution in [2.24, 2.45) is 0 Å². The van der Waals surface area contributed by atoms with Gasteiger partial charge in [-0.15, -0.1) is 0 Å². The Morgan fingerprint density at radius 1 is 1.42 bits per heavy atom. The van der Waals surface area contributed by atoms with Crippen LogP contribution in [-0.4, -0.2) is 33.1 Å². The molecule has 1 aromatic heterocycles. The van der Waals surface area contributed by atoms with E-state index in [-0.39, 0.29) is 24.6 Å². The van der Waals surface area contributed by atoms with Crippen molar-refractivity contribution < 1.29 is 19.2 Å². The van der Waals surface area contributed by atoms with Crippen LogP contribution in [0.25, 0.3) is 0 Å². The van der Waals surface area contributed by atoms with E-state index in [0.717, 1.165) is 15.6 Å². The molecule has 126 valence electrons. The Kier molecular flexibility index (Phi) is 4.45. The van der Waals surface area contributed by atoms with Crippen LogP contribution in [-0.2, 0) is 17.8 Å². The van der Waals surface area contributed by atoms with E-state index >= 15 is 0 Å². The second-order valence-electron chi connectivity index (χ2n) is 6.14. The Balaban J connectivity index is 1.95. The average molecular weight is 393 g/mol. The van der Waals surface area contributed by atoms with E-state index in [4.69, 9.17) is 4.52 Å². The van der Waals surface area contributed by atoms with E-state index in [2.05, 4.69) is 21.1 Å². The highest BCUT2D eigenvalue weighted by molar-refractivity contribution is 9.10. The van der Waals surface area contributed by atoms with Crippen LogP contribution < -0.4 is 0 Å². The third kappa shape index (κ3) is 2.96. The van der Waals surface area contributed by atoms with Gasteiger partial charge in [-0.2, -0.15) is 0 Å². The summed E-state index contributed by atoms with van der Waals surface area (Å²) in [5, 5.41) is 13.4. The fraction of sp³-hybridized carbons (Fsp3) is 0.353. The van der Waals surface area contributed by atoms with Gasteiger partial charge in [0.25, 0.3) is 5.91 Å². The van der Waals surface area contributed by atoms with E-state index in [1.54, 1.807) is 6.07 Å². The summed E-state index contributed by atoms with van der Waals surface area (Å²) in [6.07, 6.45) is 0.257. The molecule has 1 aromatic carbocycles. The lowest BCUT2D eigenvalue weighted by Crippen LogP contribution is -2.48. The van der Waals surface area contributed by atoms with Crippen LogP contribution in [0.4, 0.5) is 0 Å². The molecule has 0 saturated heterocycles. The predicted molar refractivity (Wildman–Crippen MR) is 89.7 cm³/mol. The third-order valence-electron chi connectivity index (χ3n) is 4.19. The smallest absolute Gasteiger partial charge is 0.326 e. The maximum absolute atomic E-state index is 12.8. The minimum atomic E-state index is -1.03. The first-order valence-corrected chi connectivity index (χ1v) is 8.44. The summed E-state index contributed by atoms with van der Waals surface area (Å²) >= 11 is 3.46. The molecule has 1 amide bonds. The highest BCUT2D eigenvalue weighted by atomic mass is 79.9. The van der Waals surface area contributed by atoms with Crippen molar-refractivity contribution in [2.75, 3.05) is 0 Å². The number of hydrogen-bond acceptors (Lipinski definition) is 4. The molecule has 2 heterocycles. The molecule has 24 heavy (non-hydrogen) atoms. The van der Waals surface area contributed by atoms with Gasteiger partial charge < -0.3 is 14.5 Å². The molecule has 1 N–H and O–H groups in total. The summed E-state index contributed by atoms with van der Waals surface area (Å²) < 4.78 is 6.03. The number of halogens is 1. The van der Waals surface area contributed by atoms with Crippen LogP contribution in [0, 0.1) is 0 Å². The molecule has 6 nitrogen and oxygen atoms in total. The maximum Gasteiger partial charge on any atom is 0.326 e. The van der Waals surface area contributed by atoms with Gasteiger partial charge in [-0.3, -0.25) is 4.79 Å². The molecule has 0 spiro atoms. The van der Waals surface area contributed by atoms with Gasteiger partial charge in [0, 0.05) is 29.4 Å². The van der Waals surface area contributed by atoms with Gasteiger partial charge in [0.05, 0.1) is 0 Å². The monoisotopic (exact) mass is 392 g/mol. The van der Waals surface area contributed by atoms with Gasteiger partial charge in [-0.25, -0.2) is 4.79 Å². The van der Waals surface area contributed by atoms with E-state index in [9.17, 15) is 14.7 Å². The zero-order valence-corrected chi connectivity index (χ0v) is 14.9. The fourth-order valence-electron chi connectivity index (χ4n) is 2.82. The first kappa shape index (κ1) is 16.7. The highest BCUT2D eigenvalue weighted by Crippen LogP contribution is 2.30. The first-order chi connectivity index (χ1) is 11.4. The highest BCUT2D eigenvalue weighted by Gasteiger charge is 2.36. The van der Waals surface area contributed by atoms with Crippen molar-refractivity contribution in [1.82, 2.24) is 10.1 Å².